The van der Waals surface area contributed by atoms with Crippen LogP contribution in [-0.2, 0) is 10.5 Å². The van der Waals surface area contributed by atoms with Crippen LogP contribution in [-0.4, -0.2) is 32.7 Å². The number of carbonyl (C=O) groups is 1. The molecule has 0 unspecified atom stereocenters. The van der Waals surface area contributed by atoms with Gasteiger partial charge >= 0.3 is 5.97 Å². The van der Waals surface area contributed by atoms with Crippen molar-refractivity contribution in [2.24, 2.45) is 5.73 Å². The summed E-state index contributed by atoms with van der Waals surface area (Å²) in [6, 6.07) is 1.78. The molecule has 0 amide bonds. The number of hydrogen-bond acceptors (Lipinski definition) is 4. The van der Waals surface area contributed by atoms with Gasteiger partial charge < -0.3 is 10.8 Å². The molecule has 0 spiro atoms. The van der Waals surface area contributed by atoms with E-state index in [1.54, 1.807) is 0 Å². The molecule has 1 heterocycles. The van der Waals surface area contributed by atoms with Gasteiger partial charge in [-0.05, 0) is 18.9 Å². The van der Waals surface area contributed by atoms with Crippen molar-refractivity contribution in [3.8, 4) is 0 Å². The largest absolute Gasteiger partial charge is 0.480 e. The summed E-state index contributed by atoms with van der Waals surface area (Å²) in [7, 11) is 0. The van der Waals surface area contributed by atoms with Crippen molar-refractivity contribution in [3.05, 3.63) is 18.0 Å². The molecule has 1 aromatic rings. The molecular weight excluding hydrogens is 262 g/mol. The molecule has 5 nitrogen and oxygen atoms in total. The van der Waals surface area contributed by atoms with E-state index in [4.69, 9.17) is 10.8 Å². The molecule has 0 radical (unpaired) electrons. The van der Waals surface area contributed by atoms with Crippen molar-refractivity contribution in [2.75, 3.05) is 5.75 Å². The van der Waals surface area contributed by atoms with Crippen LogP contribution in [0.3, 0.4) is 0 Å². The maximum atomic E-state index is 10.6. The Hall–Kier alpha value is -1.01. The molecule has 2 rings (SSSR count). The quantitative estimate of drug-likeness (QED) is 0.835. The molecule has 1 aromatic heterocycles. The van der Waals surface area contributed by atoms with Crippen LogP contribution in [0.15, 0.2) is 12.3 Å². The Morgan fingerprint density at radius 1 is 1.53 bits per heavy atom. The Bertz CT molecular complexity index is 416. The first-order valence-corrected chi connectivity index (χ1v) is 7.92. The molecule has 1 fully saturated rings. The molecule has 1 saturated carbocycles. The van der Waals surface area contributed by atoms with Gasteiger partial charge in [0.25, 0.3) is 0 Å². The van der Waals surface area contributed by atoms with Crippen LogP contribution >= 0.6 is 11.8 Å². The van der Waals surface area contributed by atoms with Gasteiger partial charge in [0, 0.05) is 17.7 Å². The molecule has 1 aliphatic rings. The molecule has 3 N–H and O–H groups in total. The number of carboxylic acids is 1. The van der Waals surface area contributed by atoms with Crippen LogP contribution in [0.4, 0.5) is 0 Å². The summed E-state index contributed by atoms with van der Waals surface area (Å²) in [5.41, 5.74) is 6.46. The summed E-state index contributed by atoms with van der Waals surface area (Å²) < 4.78 is 2.08. The molecule has 1 aliphatic carbocycles. The molecule has 0 saturated heterocycles. The minimum atomic E-state index is -0.944. The summed E-state index contributed by atoms with van der Waals surface area (Å²) in [5, 5.41) is 13.3. The Labute approximate surface area is 117 Å². The third-order valence-electron chi connectivity index (χ3n) is 3.48. The van der Waals surface area contributed by atoms with Crippen molar-refractivity contribution in [1.82, 2.24) is 9.78 Å². The number of nitrogens with zero attached hydrogens (tertiary/aromatic N) is 2. The van der Waals surface area contributed by atoms with Gasteiger partial charge in [0.05, 0.1) is 11.7 Å². The average molecular weight is 283 g/mol. The predicted molar refractivity (Wildman–Crippen MR) is 76.1 cm³/mol. The lowest BCUT2D eigenvalue weighted by molar-refractivity contribution is -0.137. The van der Waals surface area contributed by atoms with Crippen molar-refractivity contribution >= 4 is 17.7 Å². The molecule has 1 atom stereocenters. The Balaban J connectivity index is 1.78. The highest BCUT2D eigenvalue weighted by atomic mass is 32.2. The fraction of sp³-hybridized carbons (Fsp3) is 0.692. The second-order valence-electron chi connectivity index (χ2n) is 5.04. The summed E-state index contributed by atoms with van der Waals surface area (Å²) in [6.45, 7) is 0. The zero-order chi connectivity index (χ0) is 13.7. The first kappa shape index (κ1) is 14.4. The topological polar surface area (TPSA) is 81.1 Å². The first-order valence-electron chi connectivity index (χ1n) is 6.77. The smallest absolute Gasteiger partial charge is 0.321 e. The number of aliphatic carboxylic acids is 1. The Kier molecular flexibility index (Phi) is 5.27. The van der Waals surface area contributed by atoms with E-state index in [0.717, 1.165) is 11.4 Å². The molecule has 0 bridgehead atoms. The van der Waals surface area contributed by atoms with Gasteiger partial charge in [-0.25, -0.2) is 0 Å². The highest BCUT2D eigenvalue weighted by Crippen LogP contribution is 2.27. The average Bonchev–Trinajstić information content (AvgIpc) is 2.88. The van der Waals surface area contributed by atoms with E-state index < -0.39 is 12.0 Å². The Morgan fingerprint density at radius 3 is 2.95 bits per heavy atom. The number of nitrogens with two attached hydrogens (primary N) is 1. The summed E-state index contributed by atoms with van der Waals surface area (Å²) in [6.07, 6.45) is 8.41. The van der Waals surface area contributed by atoms with Gasteiger partial charge in [-0.3, -0.25) is 9.48 Å². The number of aromatic nitrogens is 2. The highest BCUT2D eigenvalue weighted by Gasteiger charge is 2.16. The normalized spacial score (nSPS) is 18.4. The molecule has 6 heteroatoms. The molecule has 0 aromatic carbocycles. The SMILES string of the molecule is N[C@@H](CSCc1ccn(C2CCCCC2)n1)C(=O)O. The van der Waals surface area contributed by atoms with E-state index >= 15 is 0 Å². The van der Waals surface area contributed by atoms with Crippen molar-refractivity contribution in [3.63, 3.8) is 0 Å². The van der Waals surface area contributed by atoms with Gasteiger partial charge in [-0.1, -0.05) is 19.3 Å². The zero-order valence-electron chi connectivity index (χ0n) is 11.0. The minimum Gasteiger partial charge on any atom is -0.480 e. The van der Waals surface area contributed by atoms with E-state index in [0.29, 0.717) is 11.8 Å². The standard InChI is InChI=1S/C13H21N3O2S/c14-12(13(17)18)9-19-8-10-6-7-16(15-10)11-4-2-1-3-5-11/h6-7,11-12H,1-5,8-9,14H2,(H,17,18)/t12-/m0/s1. The lowest BCUT2D eigenvalue weighted by Crippen LogP contribution is -2.32. The molecular formula is C13H21N3O2S. The number of thioether (sulfide) groups is 1. The van der Waals surface area contributed by atoms with Crippen molar-refractivity contribution in [2.45, 2.75) is 49.9 Å². The Morgan fingerprint density at radius 2 is 2.26 bits per heavy atom. The van der Waals surface area contributed by atoms with Crippen LogP contribution in [0, 0.1) is 0 Å². The summed E-state index contributed by atoms with van der Waals surface area (Å²) in [4.78, 5) is 10.6. The monoisotopic (exact) mass is 283 g/mol. The van der Waals surface area contributed by atoms with E-state index in [1.807, 2.05) is 12.3 Å². The van der Waals surface area contributed by atoms with Crippen LogP contribution in [0.1, 0.15) is 43.8 Å². The zero-order valence-corrected chi connectivity index (χ0v) is 11.8. The fourth-order valence-electron chi connectivity index (χ4n) is 2.37. The van der Waals surface area contributed by atoms with Crippen LogP contribution in [0.25, 0.3) is 0 Å². The second kappa shape index (κ2) is 6.96. The lowest BCUT2D eigenvalue weighted by Gasteiger charge is -2.21. The summed E-state index contributed by atoms with van der Waals surface area (Å²) >= 11 is 1.52. The van der Waals surface area contributed by atoms with E-state index in [1.165, 1.54) is 43.9 Å². The van der Waals surface area contributed by atoms with Gasteiger partial charge in [0.1, 0.15) is 6.04 Å². The maximum absolute atomic E-state index is 10.6. The highest BCUT2D eigenvalue weighted by molar-refractivity contribution is 7.98. The van der Waals surface area contributed by atoms with E-state index in [9.17, 15) is 4.79 Å². The van der Waals surface area contributed by atoms with E-state index in [2.05, 4.69) is 9.78 Å². The second-order valence-corrected chi connectivity index (χ2v) is 6.07. The third kappa shape index (κ3) is 4.24. The van der Waals surface area contributed by atoms with Gasteiger partial charge in [0.2, 0.25) is 0 Å². The number of hydrogen-bond donors (Lipinski definition) is 2. The van der Waals surface area contributed by atoms with Gasteiger partial charge in [-0.15, -0.1) is 0 Å². The lowest BCUT2D eigenvalue weighted by atomic mass is 9.96. The minimum absolute atomic E-state index is 0.422. The van der Waals surface area contributed by atoms with Crippen molar-refractivity contribution in [1.29, 1.82) is 0 Å². The number of carboxylic acid groups (broad SMARTS) is 1. The van der Waals surface area contributed by atoms with Gasteiger partial charge in [-0.2, -0.15) is 16.9 Å². The van der Waals surface area contributed by atoms with Crippen molar-refractivity contribution < 1.29 is 9.90 Å². The molecule has 106 valence electrons. The molecule has 0 aliphatic heterocycles. The van der Waals surface area contributed by atoms with Gasteiger partial charge in [0.15, 0.2) is 0 Å². The molecule has 19 heavy (non-hydrogen) atoms. The maximum Gasteiger partial charge on any atom is 0.321 e. The van der Waals surface area contributed by atoms with Crippen LogP contribution in [0.5, 0.6) is 0 Å². The first-order chi connectivity index (χ1) is 9.16. The third-order valence-corrected chi connectivity index (χ3v) is 4.57. The fourth-order valence-corrected chi connectivity index (χ4v) is 3.24. The van der Waals surface area contributed by atoms with E-state index in [-0.39, 0.29) is 0 Å². The number of rotatable bonds is 6. The summed E-state index contributed by atoms with van der Waals surface area (Å²) in [5.74, 6) is 0.201. The predicted octanol–water partition coefficient (Wildman–Crippen LogP) is 2.03. The van der Waals surface area contributed by atoms with Crippen LogP contribution < -0.4 is 5.73 Å². The van der Waals surface area contributed by atoms with Crippen LogP contribution in [0.2, 0.25) is 0 Å².